The van der Waals surface area contributed by atoms with E-state index in [2.05, 4.69) is 24.5 Å². The highest BCUT2D eigenvalue weighted by Gasteiger charge is 2.27. The molecule has 0 bridgehead atoms. The Morgan fingerprint density at radius 1 is 1.23 bits per heavy atom. The fourth-order valence-electron chi connectivity index (χ4n) is 3.16. The van der Waals surface area contributed by atoms with Crippen LogP contribution in [0.25, 0.3) is 0 Å². The van der Waals surface area contributed by atoms with Crippen molar-refractivity contribution in [2.24, 2.45) is 5.92 Å². The first-order valence-corrected chi connectivity index (χ1v) is 9.82. The van der Waals surface area contributed by atoms with Gasteiger partial charge >= 0.3 is 0 Å². The topological polar surface area (TPSA) is 67.4 Å². The van der Waals surface area contributed by atoms with E-state index in [-0.39, 0.29) is 24.0 Å². The molecule has 2 N–H and O–H groups in total. The fraction of sp³-hybridized carbons (Fsp3) is 0.619. The summed E-state index contributed by atoms with van der Waals surface area (Å²) in [5.41, 5.74) is 1.21. The molecule has 2 amide bonds. The summed E-state index contributed by atoms with van der Waals surface area (Å²) in [5.74, 6) is 0.447. The molecule has 5 nitrogen and oxygen atoms in total. The minimum absolute atomic E-state index is 0.0531. The van der Waals surface area contributed by atoms with Crippen molar-refractivity contribution in [3.63, 3.8) is 0 Å². The maximum atomic E-state index is 12.7. The van der Waals surface area contributed by atoms with Crippen LogP contribution in [0.2, 0.25) is 0 Å². The lowest BCUT2D eigenvalue weighted by Gasteiger charge is -2.32. The maximum absolute atomic E-state index is 12.7. The van der Waals surface area contributed by atoms with Crippen LogP contribution in [0.5, 0.6) is 0 Å². The Kier molecular flexibility index (Phi) is 8.10. The van der Waals surface area contributed by atoms with Gasteiger partial charge in [-0.15, -0.1) is 0 Å². The number of hydrogen-bond acceptors (Lipinski definition) is 3. The van der Waals surface area contributed by atoms with Gasteiger partial charge in [-0.1, -0.05) is 39.7 Å². The number of carbonyl (C=O) groups is 2. The van der Waals surface area contributed by atoms with Gasteiger partial charge in [0.05, 0.1) is 12.1 Å². The zero-order valence-corrected chi connectivity index (χ0v) is 16.2. The van der Waals surface area contributed by atoms with Crippen LogP contribution in [-0.2, 0) is 9.53 Å². The quantitative estimate of drug-likeness (QED) is 0.732. The predicted molar refractivity (Wildman–Crippen MR) is 104 cm³/mol. The summed E-state index contributed by atoms with van der Waals surface area (Å²) >= 11 is 0. The molecule has 0 aliphatic heterocycles. The van der Waals surface area contributed by atoms with E-state index in [1.807, 2.05) is 0 Å². The number of carbonyl (C=O) groups excluding carboxylic acids is 2. The van der Waals surface area contributed by atoms with E-state index in [0.717, 1.165) is 38.7 Å². The average molecular weight is 360 g/mol. The van der Waals surface area contributed by atoms with Gasteiger partial charge < -0.3 is 15.4 Å². The number of amides is 2. The lowest BCUT2D eigenvalue weighted by molar-refractivity contribution is -0.115. The van der Waals surface area contributed by atoms with E-state index in [1.165, 1.54) is 0 Å². The van der Waals surface area contributed by atoms with Gasteiger partial charge in [0.15, 0.2) is 0 Å². The molecule has 1 aliphatic rings. The molecule has 1 aliphatic carbocycles. The third-order valence-electron chi connectivity index (χ3n) is 4.78. The summed E-state index contributed by atoms with van der Waals surface area (Å²) in [4.78, 5) is 24.2. The second-order valence-electron chi connectivity index (χ2n) is 7.44. The van der Waals surface area contributed by atoms with Gasteiger partial charge in [-0.25, -0.2) is 0 Å². The highest BCUT2D eigenvalue weighted by atomic mass is 16.5. The first-order valence-electron chi connectivity index (χ1n) is 9.82. The monoisotopic (exact) mass is 360 g/mol. The standard InChI is InChI=1S/C21H32N2O3/c1-4-20(24)22-17-9-7-8-16(14-17)21(25)23-18-10-5-6-11-19(18)26-13-12-15(2)3/h7-9,14-15,18-19H,4-6,10-13H2,1-3H3,(H,22,24)(H,23,25)/t18-,19+/m1/s1. The van der Waals surface area contributed by atoms with Crippen LogP contribution in [0, 0.1) is 5.92 Å². The van der Waals surface area contributed by atoms with E-state index in [1.54, 1.807) is 31.2 Å². The Morgan fingerprint density at radius 3 is 2.73 bits per heavy atom. The molecule has 0 radical (unpaired) electrons. The van der Waals surface area contributed by atoms with Crippen molar-refractivity contribution in [1.29, 1.82) is 0 Å². The molecule has 1 fully saturated rings. The molecule has 26 heavy (non-hydrogen) atoms. The van der Waals surface area contributed by atoms with E-state index in [4.69, 9.17) is 4.74 Å². The summed E-state index contributed by atoms with van der Waals surface area (Å²) < 4.78 is 6.06. The third kappa shape index (κ3) is 6.45. The van der Waals surface area contributed by atoms with Gasteiger partial charge in [0, 0.05) is 24.3 Å². The van der Waals surface area contributed by atoms with Gasteiger partial charge in [-0.05, 0) is 43.4 Å². The molecule has 0 saturated heterocycles. The lowest BCUT2D eigenvalue weighted by Crippen LogP contribution is -2.46. The van der Waals surface area contributed by atoms with Crippen molar-refractivity contribution in [3.05, 3.63) is 29.8 Å². The number of ether oxygens (including phenoxy) is 1. The van der Waals surface area contributed by atoms with Gasteiger partial charge in [-0.2, -0.15) is 0 Å². The molecule has 0 aromatic heterocycles. The molecular weight excluding hydrogens is 328 g/mol. The summed E-state index contributed by atoms with van der Waals surface area (Å²) in [6.45, 7) is 6.92. The highest BCUT2D eigenvalue weighted by molar-refractivity contribution is 5.97. The van der Waals surface area contributed by atoms with Crippen molar-refractivity contribution < 1.29 is 14.3 Å². The van der Waals surface area contributed by atoms with Crippen LogP contribution in [0.4, 0.5) is 5.69 Å². The summed E-state index contributed by atoms with van der Waals surface area (Å²) in [7, 11) is 0. The Bertz CT molecular complexity index is 601. The fourth-order valence-corrected chi connectivity index (χ4v) is 3.16. The highest BCUT2D eigenvalue weighted by Crippen LogP contribution is 2.22. The van der Waals surface area contributed by atoms with E-state index >= 15 is 0 Å². The normalized spacial score (nSPS) is 20.0. The zero-order chi connectivity index (χ0) is 18.9. The number of rotatable bonds is 8. The third-order valence-corrected chi connectivity index (χ3v) is 4.78. The van der Waals surface area contributed by atoms with Crippen molar-refractivity contribution in [3.8, 4) is 0 Å². The van der Waals surface area contributed by atoms with Crippen LogP contribution in [0.3, 0.4) is 0 Å². The minimum Gasteiger partial charge on any atom is -0.376 e. The molecule has 144 valence electrons. The van der Waals surface area contributed by atoms with E-state index < -0.39 is 0 Å². The van der Waals surface area contributed by atoms with Crippen molar-refractivity contribution >= 4 is 17.5 Å². The Hall–Kier alpha value is -1.88. The van der Waals surface area contributed by atoms with Crippen LogP contribution in [0.15, 0.2) is 24.3 Å². The first-order chi connectivity index (χ1) is 12.5. The van der Waals surface area contributed by atoms with Gasteiger partial charge in [0.1, 0.15) is 0 Å². The molecule has 2 rings (SSSR count). The second-order valence-corrected chi connectivity index (χ2v) is 7.44. The van der Waals surface area contributed by atoms with Crippen LogP contribution in [-0.4, -0.2) is 30.6 Å². The summed E-state index contributed by atoms with van der Waals surface area (Å²) in [5, 5.41) is 5.94. The SMILES string of the molecule is CCC(=O)Nc1cccc(C(=O)N[C@@H]2CCCC[C@@H]2OCCC(C)C)c1. The van der Waals surface area contributed by atoms with Gasteiger partial charge in [0.25, 0.3) is 5.91 Å². The molecule has 5 heteroatoms. The second kappa shape index (κ2) is 10.3. The largest absolute Gasteiger partial charge is 0.376 e. The summed E-state index contributed by atoms with van der Waals surface area (Å²) in [6.07, 6.45) is 5.75. The maximum Gasteiger partial charge on any atom is 0.251 e. The molecule has 0 spiro atoms. The Balaban J connectivity index is 1.95. The number of anilines is 1. The molecule has 1 aromatic rings. The smallest absolute Gasteiger partial charge is 0.251 e. The molecule has 2 atom stereocenters. The molecular formula is C21H32N2O3. The predicted octanol–water partition coefficient (Wildman–Crippen LogP) is 4.14. The minimum atomic E-state index is -0.109. The van der Waals surface area contributed by atoms with Crippen molar-refractivity contribution in [2.45, 2.75) is 71.4 Å². The molecule has 1 saturated carbocycles. The van der Waals surface area contributed by atoms with E-state index in [0.29, 0.717) is 23.6 Å². The molecule has 0 heterocycles. The van der Waals surface area contributed by atoms with Crippen LogP contribution >= 0.6 is 0 Å². The summed E-state index contributed by atoms with van der Waals surface area (Å²) in [6, 6.07) is 7.13. The number of nitrogens with one attached hydrogen (secondary N) is 2. The van der Waals surface area contributed by atoms with Crippen LogP contribution in [0.1, 0.15) is 69.7 Å². The number of benzene rings is 1. The Morgan fingerprint density at radius 2 is 2.00 bits per heavy atom. The van der Waals surface area contributed by atoms with Gasteiger partial charge in [0.2, 0.25) is 5.91 Å². The molecule has 1 aromatic carbocycles. The average Bonchev–Trinajstić information content (AvgIpc) is 2.63. The zero-order valence-electron chi connectivity index (χ0n) is 16.2. The van der Waals surface area contributed by atoms with Crippen molar-refractivity contribution in [1.82, 2.24) is 5.32 Å². The van der Waals surface area contributed by atoms with E-state index in [9.17, 15) is 9.59 Å². The lowest BCUT2D eigenvalue weighted by atomic mass is 9.92. The number of hydrogen-bond donors (Lipinski definition) is 2. The van der Waals surface area contributed by atoms with Crippen molar-refractivity contribution in [2.75, 3.05) is 11.9 Å². The van der Waals surface area contributed by atoms with Gasteiger partial charge in [-0.3, -0.25) is 9.59 Å². The van der Waals surface area contributed by atoms with Crippen LogP contribution < -0.4 is 10.6 Å². The molecule has 0 unspecified atom stereocenters. The first kappa shape index (κ1) is 20.4. The Labute approximate surface area is 156 Å².